The Morgan fingerprint density at radius 2 is 2.29 bits per heavy atom. The summed E-state index contributed by atoms with van der Waals surface area (Å²) in [5.74, 6) is -0.0177. The number of anilines is 1. The Hall–Kier alpha value is -1.23. The zero-order chi connectivity index (χ0) is 10.7. The van der Waals surface area contributed by atoms with E-state index >= 15 is 0 Å². The predicted octanol–water partition coefficient (Wildman–Crippen LogP) is 2.15. The van der Waals surface area contributed by atoms with Crippen LogP contribution in [0.4, 0.5) is 14.5 Å². The van der Waals surface area contributed by atoms with Crippen molar-refractivity contribution in [3.05, 3.63) is 23.0 Å². The van der Waals surface area contributed by atoms with Crippen LogP contribution < -0.4 is 5.73 Å². The number of halogens is 3. The fourth-order valence-electron chi connectivity index (χ4n) is 1.01. The SMILES string of the molecule is Nc1c(CCl)ncc(C(F)F)c1C=O. The fourth-order valence-corrected chi connectivity index (χ4v) is 1.22. The van der Waals surface area contributed by atoms with Crippen LogP contribution in [0.5, 0.6) is 0 Å². The van der Waals surface area contributed by atoms with E-state index in [4.69, 9.17) is 17.3 Å². The normalized spacial score (nSPS) is 10.6. The van der Waals surface area contributed by atoms with E-state index in [2.05, 4.69) is 4.98 Å². The van der Waals surface area contributed by atoms with Crippen LogP contribution in [0.2, 0.25) is 0 Å². The molecule has 0 aliphatic rings. The van der Waals surface area contributed by atoms with Crippen LogP contribution in [0.1, 0.15) is 28.0 Å². The van der Waals surface area contributed by atoms with Gasteiger partial charge in [-0.1, -0.05) is 0 Å². The van der Waals surface area contributed by atoms with E-state index in [9.17, 15) is 13.6 Å². The average Bonchev–Trinajstić information content (AvgIpc) is 2.17. The van der Waals surface area contributed by atoms with Crippen LogP contribution >= 0.6 is 11.6 Å². The highest BCUT2D eigenvalue weighted by Crippen LogP contribution is 2.27. The standard InChI is InChI=1S/C8H7ClF2N2O/c9-1-6-7(12)5(3-14)4(2-13-6)8(10)11/h2-3,8H,1,12H2. The fraction of sp³-hybridized carbons (Fsp3) is 0.250. The summed E-state index contributed by atoms with van der Waals surface area (Å²) in [4.78, 5) is 14.2. The second-order valence-electron chi connectivity index (χ2n) is 2.54. The summed E-state index contributed by atoms with van der Waals surface area (Å²) in [7, 11) is 0. The van der Waals surface area contributed by atoms with Gasteiger partial charge in [0, 0.05) is 17.3 Å². The molecule has 0 radical (unpaired) electrons. The van der Waals surface area contributed by atoms with E-state index in [-0.39, 0.29) is 29.1 Å². The molecular formula is C8H7ClF2N2O. The molecule has 0 saturated carbocycles. The number of nitrogen functional groups attached to an aromatic ring is 1. The summed E-state index contributed by atoms with van der Waals surface area (Å²) in [5, 5.41) is 0. The monoisotopic (exact) mass is 220 g/mol. The minimum Gasteiger partial charge on any atom is -0.397 e. The number of nitrogens with zero attached hydrogens (tertiary/aromatic N) is 1. The second-order valence-corrected chi connectivity index (χ2v) is 2.81. The lowest BCUT2D eigenvalue weighted by molar-refractivity contribution is 0.110. The third kappa shape index (κ3) is 1.82. The number of aldehydes is 1. The van der Waals surface area contributed by atoms with Crippen molar-refractivity contribution < 1.29 is 13.6 Å². The third-order valence-electron chi connectivity index (χ3n) is 1.75. The lowest BCUT2D eigenvalue weighted by atomic mass is 10.1. The van der Waals surface area contributed by atoms with Crippen LogP contribution in [-0.4, -0.2) is 11.3 Å². The number of pyridine rings is 1. The van der Waals surface area contributed by atoms with Gasteiger partial charge in [-0.15, -0.1) is 11.6 Å². The zero-order valence-corrected chi connectivity index (χ0v) is 7.76. The van der Waals surface area contributed by atoms with Gasteiger partial charge in [0.2, 0.25) is 0 Å². The van der Waals surface area contributed by atoms with Crippen LogP contribution in [0.15, 0.2) is 6.20 Å². The van der Waals surface area contributed by atoms with Gasteiger partial charge in [0.1, 0.15) is 0 Å². The minimum absolute atomic E-state index is 0.0177. The molecule has 0 fully saturated rings. The molecule has 0 unspecified atom stereocenters. The van der Waals surface area contributed by atoms with Crippen molar-refractivity contribution in [3.8, 4) is 0 Å². The molecular weight excluding hydrogens is 214 g/mol. The Balaban J connectivity index is 3.35. The smallest absolute Gasteiger partial charge is 0.266 e. The van der Waals surface area contributed by atoms with Crippen molar-refractivity contribution in [2.45, 2.75) is 12.3 Å². The van der Waals surface area contributed by atoms with Gasteiger partial charge in [0.15, 0.2) is 6.29 Å². The van der Waals surface area contributed by atoms with Gasteiger partial charge in [-0.2, -0.15) is 0 Å². The van der Waals surface area contributed by atoms with Gasteiger partial charge in [-0.05, 0) is 0 Å². The summed E-state index contributed by atoms with van der Waals surface area (Å²) < 4.78 is 24.7. The van der Waals surface area contributed by atoms with E-state index in [1.54, 1.807) is 0 Å². The molecule has 0 bridgehead atoms. The Bertz CT molecular complexity index is 357. The van der Waals surface area contributed by atoms with E-state index in [0.717, 1.165) is 6.20 Å². The summed E-state index contributed by atoms with van der Waals surface area (Å²) in [5.41, 5.74) is 4.89. The number of carbonyl (C=O) groups is 1. The Morgan fingerprint density at radius 3 is 2.71 bits per heavy atom. The van der Waals surface area contributed by atoms with Crippen molar-refractivity contribution in [1.82, 2.24) is 4.98 Å². The first-order valence-electron chi connectivity index (χ1n) is 3.68. The maximum atomic E-state index is 12.3. The van der Waals surface area contributed by atoms with Gasteiger partial charge < -0.3 is 5.73 Å². The second kappa shape index (κ2) is 4.32. The Labute approximate surface area is 83.9 Å². The highest BCUT2D eigenvalue weighted by atomic mass is 35.5. The molecule has 0 spiro atoms. The summed E-state index contributed by atoms with van der Waals surface area (Å²) in [6, 6.07) is 0. The van der Waals surface area contributed by atoms with Crippen molar-refractivity contribution >= 4 is 23.6 Å². The van der Waals surface area contributed by atoms with Crippen LogP contribution in [0.25, 0.3) is 0 Å². The molecule has 0 atom stereocenters. The van der Waals surface area contributed by atoms with E-state index in [1.807, 2.05) is 0 Å². The first kappa shape index (κ1) is 10.8. The molecule has 0 aliphatic heterocycles. The lowest BCUT2D eigenvalue weighted by Gasteiger charge is -2.08. The van der Waals surface area contributed by atoms with E-state index in [1.165, 1.54) is 0 Å². The molecule has 3 nitrogen and oxygen atoms in total. The molecule has 1 aromatic rings. The third-order valence-corrected chi connectivity index (χ3v) is 2.00. The molecule has 0 aliphatic carbocycles. The summed E-state index contributed by atoms with van der Waals surface area (Å²) in [6.45, 7) is 0. The topological polar surface area (TPSA) is 56.0 Å². The molecule has 0 amide bonds. The minimum atomic E-state index is -2.77. The van der Waals surface area contributed by atoms with Crippen LogP contribution in [0.3, 0.4) is 0 Å². The number of alkyl halides is 3. The molecule has 6 heteroatoms. The molecule has 0 aromatic carbocycles. The molecule has 1 aromatic heterocycles. The zero-order valence-electron chi connectivity index (χ0n) is 7.01. The van der Waals surface area contributed by atoms with Crippen molar-refractivity contribution in [3.63, 3.8) is 0 Å². The number of rotatable bonds is 3. The van der Waals surface area contributed by atoms with Gasteiger partial charge >= 0.3 is 0 Å². The first-order valence-corrected chi connectivity index (χ1v) is 4.21. The lowest BCUT2D eigenvalue weighted by Crippen LogP contribution is -2.05. The van der Waals surface area contributed by atoms with E-state index < -0.39 is 12.0 Å². The van der Waals surface area contributed by atoms with Crippen molar-refractivity contribution in [2.24, 2.45) is 0 Å². The maximum Gasteiger partial charge on any atom is 0.266 e. The Morgan fingerprint density at radius 1 is 1.64 bits per heavy atom. The number of nitrogens with two attached hydrogens (primary N) is 1. The average molecular weight is 221 g/mol. The Kier molecular flexibility index (Phi) is 3.35. The quantitative estimate of drug-likeness (QED) is 0.627. The van der Waals surface area contributed by atoms with Crippen molar-refractivity contribution in [1.29, 1.82) is 0 Å². The van der Waals surface area contributed by atoms with Crippen molar-refractivity contribution in [2.75, 3.05) is 5.73 Å². The van der Waals surface area contributed by atoms with Crippen LogP contribution in [-0.2, 0) is 5.88 Å². The largest absolute Gasteiger partial charge is 0.397 e. The number of hydrogen-bond donors (Lipinski definition) is 1. The van der Waals surface area contributed by atoms with Gasteiger partial charge in [0.05, 0.1) is 17.3 Å². The first-order chi connectivity index (χ1) is 6.61. The highest BCUT2D eigenvalue weighted by Gasteiger charge is 2.17. The summed E-state index contributed by atoms with van der Waals surface area (Å²) >= 11 is 5.45. The maximum absolute atomic E-state index is 12.3. The van der Waals surface area contributed by atoms with Crippen LogP contribution in [0, 0.1) is 0 Å². The number of hydrogen-bond acceptors (Lipinski definition) is 3. The number of carbonyl (C=O) groups excluding carboxylic acids is 1. The molecule has 1 rings (SSSR count). The van der Waals surface area contributed by atoms with Gasteiger partial charge in [-0.25, -0.2) is 8.78 Å². The highest BCUT2D eigenvalue weighted by molar-refractivity contribution is 6.17. The molecule has 2 N–H and O–H groups in total. The van der Waals surface area contributed by atoms with E-state index in [0.29, 0.717) is 0 Å². The molecule has 14 heavy (non-hydrogen) atoms. The predicted molar refractivity (Wildman–Crippen MR) is 48.6 cm³/mol. The van der Waals surface area contributed by atoms with Gasteiger partial charge in [0.25, 0.3) is 6.43 Å². The number of aromatic nitrogens is 1. The summed E-state index contributed by atoms with van der Waals surface area (Å²) in [6.07, 6.45) is -1.56. The molecule has 76 valence electrons. The molecule has 0 saturated heterocycles. The van der Waals surface area contributed by atoms with Gasteiger partial charge in [-0.3, -0.25) is 9.78 Å². The molecule has 1 heterocycles.